The van der Waals surface area contributed by atoms with Gasteiger partial charge in [-0.2, -0.15) is 4.98 Å². The third-order valence-corrected chi connectivity index (χ3v) is 8.73. The third-order valence-electron chi connectivity index (χ3n) is 7.70. The monoisotopic (exact) mass is 538 g/mol. The zero-order valence-electron chi connectivity index (χ0n) is 22.9. The Hall–Kier alpha value is -2.98. The molecule has 4 heterocycles. The fourth-order valence-electron chi connectivity index (χ4n) is 5.54. The maximum atomic E-state index is 11.8. The Kier molecular flexibility index (Phi) is 7.46. The van der Waals surface area contributed by atoms with Gasteiger partial charge >= 0.3 is 0 Å². The van der Waals surface area contributed by atoms with E-state index in [0.717, 1.165) is 48.4 Å². The number of nitrogens with zero attached hydrogens (tertiary/aromatic N) is 5. The lowest BCUT2D eigenvalue weighted by molar-refractivity contribution is 0.137. The molecule has 1 aromatic carbocycles. The molecule has 2 aliphatic rings. The number of pyridine rings is 1. The van der Waals surface area contributed by atoms with Crippen LogP contribution in [-0.2, 0) is 14.6 Å². The number of hydrogen-bond acceptors (Lipinski definition) is 9. The summed E-state index contributed by atoms with van der Waals surface area (Å²) in [6.45, 7) is 11.6. The van der Waals surface area contributed by atoms with Crippen molar-refractivity contribution in [3.8, 4) is 0 Å². The molecular formula is C28H38N6O3S. The standard InChI is InChI=1S/C28H38N6O3S/c1-18(2)22-7-8-25(34-15-21(20(34)4)17-38(5,35)36)24-14-30-27(13-23(22)24)31-26-9-10-29-28(32-26)33-11-6-12-37-16-19(33)3/h7-10,13-14,18-21H,6,11-12,15-17H2,1-5H3,(H,29,30,31,32)/t19-,20-,21-/m0/s1. The molecule has 2 aliphatic heterocycles. The molecule has 3 atom stereocenters. The van der Waals surface area contributed by atoms with Crippen LogP contribution in [0.3, 0.4) is 0 Å². The van der Waals surface area contributed by atoms with E-state index in [1.54, 1.807) is 6.20 Å². The van der Waals surface area contributed by atoms with Gasteiger partial charge in [0.2, 0.25) is 5.95 Å². The summed E-state index contributed by atoms with van der Waals surface area (Å²) in [6.07, 6.45) is 5.96. The number of anilines is 4. The average molecular weight is 539 g/mol. The molecule has 0 spiro atoms. The maximum absolute atomic E-state index is 11.8. The maximum Gasteiger partial charge on any atom is 0.227 e. The van der Waals surface area contributed by atoms with Crippen LogP contribution in [0.1, 0.15) is 45.6 Å². The van der Waals surface area contributed by atoms with Gasteiger partial charge < -0.3 is 19.9 Å². The van der Waals surface area contributed by atoms with Crippen LogP contribution in [0.5, 0.6) is 0 Å². The van der Waals surface area contributed by atoms with Crippen molar-refractivity contribution in [2.45, 2.75) is 52.1 Å². The van der Waals surface area contributed by atoms with Crippen LogP contribution in [0.2, 0.25) is 0 Å². The molecule has 0 aliphatic carbocycles. The van der Waals surface area contributed by atoms with Gasteiger partial charge in [0.05, 0.1) is 18.4 Å². The van der Waals surface area contributed by atoms with E-state index in [0.29, 0.717) is 24.3 Å². The Balaban J connectivity index is 1.43. The summed E-state index contributed by atoms with van der Waals surface area (Å²) in [5, 5.41) is 5.61. The van der Waals surface area contributed by atoms with Crippen molar-refractivity contribution in [2.24, 2.45) is 5.92 Å². The van der Waals surface area contributed by atoms with Gasteiger partial charge in [-0.15, -0.1) is 0 Å². The molecule has 2 aromatic heterocycles. The van der Waals surface area contributed by atoms with Gasteiger partial charge in [-0.25, -0.2) is 18.4 Å². The first-order valence-electron chi connectivity index (χ1n) is 13.4. The van der Waals surface area contributed by atoms with Crippen molar-refractivity contribution in [3.05, 3.63) is 42.2 Å². The second kappa shape index (κ2) is 10.6. The number of benzene rings is 1. The van der Waals surface area contributed by atoms with E-state index >= 15 is 0 Å². The lowest BCUT2D eigenvalue weighted by Gasteiger charge is -2.48. The largest absolute Gasteiger partial charge is 0.379 e. The molecule has 0 radical (unpaired) electrons. The van der Waals surface area contributed by atoms with Gasteiger partial charge in [0, 0.05) is 61.4 Å². The Morgan fingerprint density at radius 1 is 1.11 bits per heavy atom. The minimum Gasteiger partial charge on any atom is -0.379 e. The minimum atomic E-state index is -3.00. The molecule has 9 nitrogen and oxygen atoms in total. The smallest absolute Gasteiger partial charge is 0.227 e. The fourth-order valence-corrected chi connectivity index (χ4v) is 6.70. The second-order valence-corrected chi connectivity index (χ2v) is 13.2. The molecule has 5 rings (SSSR count). The van der Waals surface area contributed by atoms with Crippen LogP contribution in [0.25, 0.3) is 10.8 Å². The highest BCUT2D eigenvalue weighted by Gasteiger charge is 2.38. The van der Waals surface area contributed by atoms with Crippen LogP contribution in [0.15, 0.2) is 36.7 Å². The van der Waals surface area contributed by atoms with Crippen molar-refractivity contribution in [1.29, 1.82) is 0 Å². The first-order chi connectivity index (χ1) is 18.1. The lowest BCUT2D eigenvalue weighted by Crippen LogP contribution is -2.57. The highest BCUT2D eigenvalue weighted by atomic mass is 32.2. The summed E-state index contributed by atoms with van der Waals surface area (Å²) in [5.41, 5.74) is 2.35. The Morgan fingerprint density at radius 2 is 1.92 bits per heavy atom. The van der Waals surface area contributed by atoms with Gasteiger partial charge in [0.15, 0.2) is 0 Å². The first-order valence-corrected chi connectivity index (χ1v) is 15.5. The van der Waals surface area contributed by atoms with Gasteiger partial charge in [-0.1, -0.05) is 19.9 Å². The zero-order chi connectivity index (χ0) is 27.0. The van der Waals surface area contributed by atoms with Crippen LogP contribution < -0.4 is 15.1 Å². The van der Waals surface area contributed by atoms with Gasteiger partial charge in [0.1, 0.15) is 21.5 Å². The van der Waals surface area contributed by atoms with E-state index in [1.165, 1.54) is 11.8 Å². The molecule has 10 heteroatoms. The van der Waals surface area contributed by atoms with Crippen LogP contribution in [-0.4, -0.2) is 73.8 Å². The van der Waals surface area contributed by atoms with Crippen molar-refractivity contribution < 1.29 is 13.2 Å². The summed E-state index contributed by atoms with van der Waals surface area (Å²) in [6, 6.07) is 8.66. The van der Waals surface area contributed by atoms with Crippen molar-refractivity contribution in [3.63, 3.8) is 0 Å². The molecule has 3 aromatic rings. The summed E-state index contributed by atoms with van der Waals surface area (Å²) in [4.78, 5) is 18.5. The molecular weight excluding hydrogens is 500 g/mol. The minimum absolute atomic E-state index is 0.143. The van der Waals surface area contributed by atoms with Gasteiger partial charge in [-0.05, 0) is 55.3 Å². The Morgan fingerprint density at radius 3 is 2.66 bits per heavy atom. The number of rotatable bonds is 7. The summed E-state index contributed by atoms with van der Waals surface area (Å²) in [7, 11) is -3.00. The number of hydrogen-bond donors (Lipinski definition) is 1. The van der Waals surface area contributed by atoms with Gasteiger partial charge in [0.25, 0.3) is 0 Å². The predicted octanol–water partition coefficient (Wildman–Crippen LogP) is 4.38. The third kappa shape index (κ3) is 5.56. The number of aromatic nitrogens is 3. The summed E-state index contributed by atoms with van der Waals surface area (Å²) in [5.74, 6) is 2.81. The Bertz CT molecular complexity index is 1410. The first kappa shape index (κ1) is 26.6. The quantitative estimate of drug-likeness (QED) is 0.470. The normalized spacial score (nSPS) is 22.4. The average Bonchev–Trinajstić information content (AvgIpc) is 3.09. The highest BCUT2D eigenvalue weighted by Crippen LogP contribution is 2.39. The molecule has 2 saturated heterocycles. The Labute approximate surface area is 225 Å². The van der Waals surface area contributed by atoms with E-state index < -0.39 is 9.84 Å². The molecule has 1 N–H and O–H groups in total. The molecule has 0 bridgehead atoms. The van der Waals surface area contributed by atoms with E-state index in [-0.39, 0.29) is 23.8 Å². The number of fused-ring (bicyclic) bond motifs is 1. The molecule has 0 amide bonds. The van der Waals surface area contributed by atoms with E-state index in [9.17, 15) is 8.42 Å². The topological polar surface area (TPSA) is 101 Å². The van der Waals surface area contributed by atoms with E-state index in [1.807, 2.05) is 12.3 Å². The van der Waals surface area contributed by atoms with Crippen LogP contribution >= 0.6 is 0 Å². The van der Waals surface area contributed by atoms with E-state index in [2.05, 4.69) is 66.0 Å². The number of nitrogens with one attached hydrogen (secondary N) is 1. The zero-order valence-corrected chi connectivity index (χ0v) is 23.7. The van der Waals surface area contributed by atoms with Crippen molar-refractivity contribution in [1.82, 2.24) is 15.0 Å². The molecule has 0 unspecified atom stereocenters. The second-order valence-electron chi connectivity index (χ2n) is 11.0. The summed E-state index contributed by atoms with van der Waals surface area (Å²) < 4.78 is 29.3. The van der Waals surface area contributed by atoms with Crippen molar-refractivity contribution >= 4 is 43.9 Å². The lowest BCUT2D eigenvalue weighted by atomic mass is 9.88. The number of ether oxygens (including phenoxy) is 1. The van der Waals surface area contributed by atoms with Crippen LogP contribution in [0, 0.1) is 5.92 Å². The summed E-state index contributed by atoms with van der Waals surface area (Å²) >= 11 is 0. The van der Waals surface area contributed by atoms with Gasteiger partial charge in [-0.3, -0.25) is 0 Å². The predicted molar refractivity (Wildman–Crippen MR) is 153 cm³/mol. The molecule has 38 heavy (non-hydrogen) atoms. The fraction of sp³-hybridized carbons (Fsp3) is 0.536. The van der Waals surface area contributed by atoms with Crippen LogP contribution in [0.4, 0.5) is 23.3 Å². The molecule has 204 valence electrons. The molecule has 0 saturated carbocycles. The number of sulfone groups is 1. The van der Waals surface area contributed by atoms with E-state index in [4.69, 9.17) is 14.7 Å². The highest BCUT2D eigenvalue weighted by molar-refractivity contribution is 7.90. The van der Waals surface area contributed by atoms with Crippen molar-refractivity contribution in [2.75, 3.05) is 53.4 Å². The SMILES string of the molecule is CC(C)c1ccc(N2C[C@@H](CS(C)(=O)=O)[C@@H]2C)c2cnc(Nc3ccnc(N4CCCOC[C@@H]4C)n3)cc12. The molecule has 2 fully saturated rings.